The Morgan fingerprint density at radius 3 is 2.65 bits per heavy atom. The van der Waals surface area contributed by atoms with Crippen molar-refractivity contribution in [1.29, 1.82) is 0 Å². The maximum atomic E-state index is 13.2. The van der Waals surface area contributed by atoms with E-state index in [4.69, 9.17) is 9.47 Å². The third-order valence-corrected chi connectivity index (χ3v) is 6.11. The third-order valence-electron chi connectivity index (χ3n) is 5.20. The zero-order chi connectivity index (χ0) is 24.1. The van der Waals surface area contributed by atoms with Gasteiger partial charge in [0.15, 0.2) is 5.17 Å². The van der Waals surface area contributed by atoms with E-state index in [0.717, 1.165) is 23.1 Å². The van der Waals surface area contributed by atoms with Crippen LogP contribution in [0, 0.1) is 0 Å². The molecular weight excluding hydrogens is 456 g/mol. The minimum Gasteiger partial charge on any atom is -0.497 e. The maximum Gasteiger partial charge on any atom is 0.316 e. The van der Waals surface area contributed by atoms with Gasteiger partial charge in [-0.3, -0.25) is 19.4 Å². The SMILES string of the molecule is CCOC(=O)CSC1=Nc2ccccc2C2=N[C@H](CC(=O)NCc3ccc(OC)cc3)C(=O)N12. The van der Waals surface area contributed by atoms with Gasteiger partial charge in [-0.25, -0.2) is 9.89 Å². The first kappa shape index (κ1) is 23.5. The average molecular weight is 481 g/mol. The number of hydrogen-bond acceptors (Lipinski definition) is 8. The average Bonchev–Trinajstić information content (AvgIpc) is 3.18. The lowest BCUT2D eigenvalue weighted by atomic mass is 10.1. The molecule has 0 bridgehead atoms. The number of methoxy groups -OCH3 is 1. The van der Waals surface area contributed by atoms with Crippen molar-refractivity contribution in [3.63, 3.8) is 0 Å². The zero-order valence-electron chi connectivity index (χ0n) is 18.8. The summed E-state index contributed by atoms with van der Waals surface area (Å²) in [7, 11) is 1.59. The van der Waals surface area contributed by atoms with Crippen molar-refractivity contribution in [2.75, 3.05) is 19.5 Å². The number of benzene rings is 2. The van der Waals surface area contributed by atoms with Crippen LogP contribution < -0.4 is 10.1 Å². The van der Waals surface area contributed by atoms with Gasteiger partial charge in [-0.2, -0.15) is 0 Å². The van der Waals surface area contributed by atoms with Crippen LogP contribution in [-0.4, -0.2) is 59.2 Å². The van der Waals surface area contributed by atoms with Gasteiger partial charge in [0.05, 0.1) is 31.6 Å². The topological polar surface area (TPSA) is 110 Å². The standard InChI is InChI=1S/C24H24N4O5S/c1-3-33-21(30)14-34-24-27-18-7-5-4-6-17(18)22-26-19(23(31)28(22)24)12-20(29)25-13-15-8-10-16(32-2)11-9-15/h4-11,19H,3,12-14H2,1-2H3,(H,25,29)/t19-/m1/s1. The van der Waals surface area contributed by atoms with E-state index in [2.05, 4.69) is 15.3 Å². The van der Waals surface area contributed by atoms with Crippen molar-refractivity contribution in [1.82, 2.24) is 10.2 Å². The number of nitrogens with zero attached hydrogens (tertiary/aromatic N) is 3. The van der Waals surface area contributed by atoms with Crippen LogP contribution in [0.2, 0.25) is 0 Å². The van der Waals surface area contributed by atoms with Gasteiger partial charge in [0.1, 0.15) is 17.6 Å². The molecule has 0 saturated carbocycles. The number of ether oxygens (including phenoxy) is 2. The number of aliphatic imine (C=N–C) groups is 2. The number of esters is 1. The first-order chi connectivity index (χ1) is 16.5. The molecule has 10 heteroatoms. The maximum absolute atomic E-state index is 13.2. The lowest BCUT2D eigenvalue weighted by molar-refractivity contribution is -0.139. The van der Waals surface area contributed by atoms with E-state index in [1.807, 2.05) is 48.5 Å². The normalized spacial score (nSPS) is 16.2. The molecule has 1 N–H and O–H groups in total. The van der Waals surface area contributed by atoms with Gasteiger partial charge in [-0.1, -0.05) is 36.0 Å². The molecular formula is C24H24N4O5S. The van der Waals surface area contributed by atoms with Gasteiger partial charge in [0, 0.05) is 12.1 Å². The molecule has 2 aromatic carbocycles. The Hall–Kier alpha value is -3.66. The van der Waals surface area contributed by atoms with Crippen LogP contribution in [-0.2, 0) is 25.7 Å². The molecule has 4 rings (SSSR count). The number of nitrogens with one attached hydrogen (secondary N) is 1. The number of hydrogen-bond donors (Lipinski definition) is 1. The summed E-state index contributed by atoms with van der Waals surface area (Å²) >= 11 is 1.11. The Kier molecular flexibility index (Phi) is 7.27. The number of rotatable bonds is 8. The molecule has 0 fully saturated rings. The smallest absolute Gasteiger partial charge is 0.316 e. The van der Waals surface area contributed by atoms with E-state index < -0.39 is 12.0 Å². The summed E-state index contributed by atoms with van der Waals surface area (Å²) in [6.45, 7) is 2.34. The second-order valence-corrected chi connectivity index (χ2v) is 8.42. The van der Waals surface area contributed by atoms with Crippen LogP contribution in [0.4, 0.5) is 5.69 Å². The number of carbonyl (C=O) groups is 3. The van der Waals surface area contributed by atoms with E-state index in [0.29, 0.717) is 28.8 Å². The van der Waals surface area contributed by atoms with Crippen LogP contribution in [0.1, 0.15) is 24.5 Å². The van der Waals surface area contributed by atoms with Gasteiger partial charge < -0.3 is 14.8 Å². The van der Waals surface area contributed by atoms with E-state index in [1.54, 1.807) is 14.0 Å². The van der Waals surface area contributed by atoms with Gasteiger partial charge in [0.25, 0.3) is 5.91 Å². The highest BCUT2D eigenvalue weighted by atomic mass is 32.2. The highest BCUT2D eigenvalue weighted by Gasteiger charge is 2.42. The molecule has 2 amide bonds. The lowest BCUT2D eigenvalue weighted by Crippen LogP contribution is -2.42. The molecule has 176 valence electrons. The van der Waals surface area contributed by atoms with E-state index in [1.165, 1.54) is 4.90 Å². The highest BCUT2D eigenvalue weighted by molar-refractivity contribution is 8.14. The van der Waals surface area contributed by atoms with Crippen LogP contribution in [0.25, 0.3) is 0 Å². The zero-order valence-corrected chi connectivity index (χ0v) is 19.6. The molecule has 1 atom stereocenters. The molecule has 0 aromatic heterocycles. The fourth-order valence-electron chi connectivity index (χ4n) is 3.55. The summed E-state index contributed by atoms with van der Waals surface area (Å²) in [5.74, 6) is 0.156. The van der Waals surface area contributed by atoms with Crippen LogP contribution in [0.15, 0.2) is 58.5 Å². The predicted molar refractivity (Wildman–Crippen MR) is 129 cm³/mol. The lowest BCUT2D eigenvalue weighted by Gasteiger charge is -2.25. The summed E-state index contributed by atoms with van der Waals surface area (Å²) in [5, 5.41) is 3.18. The summed E-state index contributed by atoms with van der Waals surface area (Å²) in [6, 6.07) is 13.8. The van der Waals surface area contributed by atoms with E-state index >= 15 is 0 Å². The van der Waals surface area contributed by atoms with Gasteiger partial charge in [-0.15, -0.1) is 0 Å². The highest BCUT2D eigenvalue weighted by Crippen LogP contribution is 2.34. The third kappa shape index (κ3) is 5.12. The largest absolute Gasteiger partial charge is 0.497 e. The number of para-hydroxylation sites is 1. The predicted octanol–water partition coefficient (Wildman–Crippen LogP) is 2.66. The summed E-state index contributed by atoms with van der Waals surface area (Å²) in [4.78, 5) is 48.2. The Balaban J connectivity index is 1.46. The molecule has 0 radical (unpaired) electrons. The summed E-state index contributed by atoms with van der Waals surface area (Å²) in [6.07, 6.45) is -0.0903. The number of thioether (sulfide) groups is 1. The minimum absolute atomic E-state index is 0.0128. The van der Waals surface area contributed by atoms with E-state index in [9.17, 15) is 14.4 Å². The van der Waals surface area contributed by atoms with Gasteiger partial charge in [-0.05, 0) is 36.8 Å². The molecule has 0 saturated heterocycles. The van der Waals surface area contributed by atoms with Crippen LogP contribution in [0.3, 0.4) is 0 Å². The van der Waals surface area contributed by atoms with Crippen molar-refractivity contribution in [3.8, 4) is 5.75 Å². The molecule has 0 unspecified atom stereocenters. The summed E-state index contributed by atoms with van der Waals surface area (Å²) in [5.41, 5.74) is 2.27. The van der Waals surface area contributed by atoms with Crippen molar-refractivity contribution < 1.29 is 23.9 Å². The Bertz CT molecular complexity index is 1160. The number of carbonyl (C=O) groups excluding carboxylic acids is 3. The summed E-state index contributed by atoms with van der Waals surface area (Å²) < 4.78 is 10.1. The molecule has 0 aliphatic carbocycles. The molecule has 0 spiro atoms. The number of amides is 2. The van der Waals surface area contributed by atoms with Crippen molar-refractivity contribution in [3.05, 3.63) is 59.7 Å². The number of amidine groups is 2. The van der Waals surface area contributed by atoms with Gasteiger partial charge in [0.2, 0.25) is 5.91 Å². The fraction of sp³-hybridized carbons (Fsp3) is 0.292. The minimum atomic E-state index is -0.870. The van der Waals surface area contributed by atoms with Crippen LogP contribution >= 0.6 is 11.8 Å². The molecule has 34 heavy (non-hydrogen) atoms. The molecule has 2 aliphatic rings. The quantitative estimate of drug-likeness (QED) is 0.582. The van der Waals surface area contributed by atoms with Crippen molar-refractivity contribution in [2.24, 2.45) is 9.98 Å². The molecule has 9 nitrogen and oxygen atoms in total. The Morgan fingerprint density at radius 2 is 1.91 bits per heavy atom. The molecule has 2 aromatic rings. The second kappa shape index (κ2) is 10.5. The van der Waals surface area contributed by atoms with Crippen LogP contribution in [0.5, 0.6) is 5.75 Å². The number of fused-ring (bicyclic) bond motifs is 3. The Morgan fingerprint density at radius 1 is 1.15 bits per heavy atom. The fourth-order valence-corrected chi connectivity index (χ4v) is 4.35. The molecule has 2 aliphatic heterocycles. The van der Waals surface area contributed by atoms with Crippen molar-refractivity contribution in [2.45, 2.75) is 25.9 Å². The first-order valence-corrected chi connectivity index (χ1v) is 11.8. The first-order valence-electron chi connectivity index (χ1n) is 10.8. The molecule has 2 heterocycles. The van der Waals surface area contributed by atoms with Crippen molar-refractivity contribution >= 4 is 46.2 Å². The Labute approximate surface area is 201 Å². The monoisotopic (exact) mass is 480 g/mol. The van der Waals surface area contributed by atoms with E-state index in [-0.39, 0.29) is 30.6 Å². The van der Waals surface area contributed by atoms with Gasteiger partial charge >= 0.3 is 5.97 Å². The second-order valence-electron chi connectivity index (χ2n) is 7.48.